The van der Waals surface area contributed by atoms with Crippen LogP contribution in [0.25, 0.3) is 0 Å². The second kappa shape index (κ2) is 14.9. The van der Waals surface area contributed by atoms with Gasteiger partial charge in [-0.1, -0.05) is 48.9 Å². The van der Waals surface area contributed by atoms with Gasteiger partial charge in [0.2, 0.25) is 0 Å². The number of benzene rings is 2. The van der Waals surface area contributed by atoms with E-state index in [9.17, 15) is 9.59 Å². The van der Waals surface area contributed by atoms with E-state index in [1.807, 2.05) is 30.3 Å². The van der Waals surface area contributed by atoms with Crippen LogP contribution in [0, 0.1) is 5.92 Å². The van der Waals surface area contributed by atoms with Gasteiger partial charge in [0.15, 0.2) is 5.75 Å². The lowest BCUT2D eigenvalue weighted by molar-refractivity contribution is 0.102. The van der Waals surface area contributed by atoms with E-state index in [0.717, 1.165) is 52.0 Å². The summed E-state index contributed by atoms with van der Waals surface area (Å²) >= 11 is 0. The molecule has 3 aromatic rings. The molecule has 222 valence electrons. The summed E-state index contributed by atoms with van der Waals surface area (Å²) in [5.74, 6) is 1.17. The molecular weight excluding hydrogens is 526 g/mol. The van der Waals surface area contributed by atoms with Gasteiger partial charge in [-0.3, -0.25) is 9.69 Å². The third-order valence-electron chi connectivity index (χ3n) is 8.34. The Morgan fingerprint density at radius 2 is 1.64 bits per heavy atom. The Bertz CT molecular complexity index is 1270. The zero-order valence-electron chi connectivity index (χ0n) is 24.7. The number of carbonyl (C=O) groups is 2. The molecule has 2 fully saturated rings. The van der Waals surface area contributed by atoms with E-state index in [2.05, 4.69) is 51.4 Å². The molecule has 0 aliphatic carbocycles. The highest BCUT2D eigenvalue weighted by Gasteiger charge is 2.24. The van der Waals surface area contributed by atoms with Gasteiger partial charge in [-0.05, 0) is 100 Å². The molecule has 2 amide bonds. The van der Waals surface area contributed by atoms with Crippen molar-refractivity contribution in [3.63, 3.8) is 0 Å². The molecule has 2 saturated heterocycles. The van der Waals surface area contributed by atoms with Crippen LogP contribution in [0.4, 0.5) is 10.6 Å². The number of hydrogen-bond donors (Lipinski definition) is 1. The predicted molar refractivity (Wildman–Crippen MR) is 165 cm³/mol. The summed E-state index contributed by atoms with van der Waals surface area (Å²) in [4.78, 5) is 36.3. The molecule has 0 atom stereocenters. The average molecular weight is 570 g/mol. The second-order valence-electron chi connectivity index (χ2n) is 11.7. The van der Waals surface area contributed by atoms with Gasteiger partial charge in [-0.15, -0.1) is 0 Å². The predicted octanol–water partition coefficient (Wildman–Crippen LogP) is 6.05. The Kier molecular flexibility index (Phi) is 10.6. The SMILES string of the molecule is CN(CCC1CCN(C(=O)Oc2ccc(NC(=O)c3ccc(CN4CCCCC4)cc3)nc2)CC1)Cc1ccccc1. The maximum atomic E-state index is 12.7. The number of aromatic nitrogens is 1. The second-order valence-corrected chi connectivity index (χ2v) is 11.7. The van der Waals surface area contributed by atoms with Crippen molar-refractivity contribution in [1.29, 1.82) is 0 Å². The van der Waals surface area contributed by atoms with Crippen LogP contribution in [-0.2, 0) is 13.1 Å². The first-order valence-corrected chi connectivity index (χ1v) is 15.3. The molecule has 0 saturated carbocycles. The van der Waals surface area contributed by atoms with Crippen molar-refractivity contribution >= 4 is 17.8 Å². The monoisotopic (exact) mass is 569 g/mol. The first kappa shape index (κ1) is 29.7. The first-order chi connectivity index (χ1) is 20.5. The van der Waals surface area contributed by atoms with Crippen LogP contribution in [0.1, 0.15) is 60.0 Å². The summed E-state index contributed by atoms with van der Waals surface area (Å²) in [6.45, 7) is 6.61. The van der Waals surface area contributed by atoms with Crippen LogP contribution in [0.15, 0.2) is 72.9 Å². The number of carbonyl (C=O) groups excluding carboxylic acids is 2. The lowest BCUT2D eigenvalue weighted by Gasteiger charge is -2.32. The lowest BCUT2D eigenvalue weighted by Crippen LogP contribution is -2.40. The summed E-state index contributed by atoms with van der Waals surface area (Å²) < 4.78 is 5.57. The zero-order valence-corrected chi connectivity index (χ0v) is 24.7. The number of rotatable bonds is 10. The quantitative estimate of drug-likeness (QED) is 0.320. The molecule has 0 radical (unpaired) electrons. The number of piperidine rings is 2. The van der Waals surface area contributed by atoms with E-state index in [1.54, 1.807) is 17.0 Å². The minimum Gasteiger partial charge on any atom is -0.409 e. The molecule has 0 unspecified atom stereocenters. The summed E-state index contributed by atoms with van der Waals surface area (Å²) in [6.07, 6.45) is 8.07. The molecule has 42 heavy (non-hydrogen) atoms. The molecule has 8 nitrogen and oxygen atoms in total. The van der Waals surface area contributed by atoms with Gasteiger partial charge in [0.1, 0.15) is 5.82 Å². The minimum atomic E-state index is -0.349. The van der Waals surface area contributed by atoms with Crippen molar-refractivity contribution in [3.05, 3.63) is 89.6 Å². The molecular formula is C34H43N5O3. The molecule has 2 aromatic carbocycles. The highest BCUT2D eigenvalue weighted by atomic mass is 16.6. The van der Waals surface area contributed by atoms with Crippen molar-refractivity contribution < 1.29 is 14.3 Å². The van der Waals surface area contributed by atoms with Gasteiger partial charge in [-0.2, -0.15) is 0 Å². The first-order valence-electron chi connectivity index (χ1n) is 15.3. The number of likely N-dealkylation sites (tertiary alicyclic amines) is 2. The van der Waals surface area contributed by atoms with Crippen LogP contribution < -0.4 is 10.1 Å². The number of amides is 2. The number of nitrogens with zero attached hydrogens (tertiary/aromatic N) is 4. The Hall–Kier alpha value is -3.75. The van der Waals surface area contributed by atoms with Gasteiger partial charge in [0.05, 0.1) is 6.20 Å². The molecule has 2 aliphatic rings. The van der Waals surface area contributed by atoms with E-state index in [4.69, 9.17) is 4.74 Å². The molecule has 8 heteroatoms. The molecule has 3 heterocycles. The smallest absolute Gasteiger partial charge is 0.409 e. The fourth-order valence-electron chi connectivity index (χ4n) is 5.79. The largest absolute Gasteiger partial charge is 0.415 e. The molecule has 2 aliphatic heterocycles. The normalized spacial score (nSPS) is 16.4. The van der Waals surface area contributed by atoms with Gasteiger partial charge in [0, 0.05) is 31.7 Å². The Morgan fingerprint density at radius 3 is 2.33 bits per heavy atom. The van der Waals surface area contributed by atoms with Crippen molar-refractivity contribution in [2.45, 2.75) is 51.6 Å². The van der Waals surface area contributed by atoms with Crippen molar-refractivity contribution in [3.8, 4) is 5.75 Å². The van der Waals surface area contributed by atoms with E-state index >= 15 is 0 Å². The number of anilines is 1. The van der Waals surface area contributed by atoms with Gasteiger partial charge in [0.25, 0.3) is 5.91 Å². The Labute approximate surface area is 249 Å². The topological polar surface area (TPSA) is 78.0 Å². The lowest BCUT2D eigenvalue weighted by atomic mass is 9.93. The fourth-order valence-corrected chi connectivity index (χ4v) is 5.79. The zero-order chi connectivity index (χ0) is 29.1. The van der Waals surface area contributed by atoms with Crippen LogP contribution >= 0.6 is 0 Å². The van der Waals surface area contributed by atoms with Crippen molar-refractivity contribution in [2.24, 2.45) is 5.92 Å². The summed E-state index contributed by atoms with van der Waals surface area (Å²) in [5, 5.41) is 2.83. The van der Waals surface area contributed by atoms with Crippen molar-refractivity contribution in [2.75, 3.05) is 45.1 Å². The third kappa shape index (κ3) is 8.87. The standard InChI is InChI=1S/C34H43N5O3/c1-37(25-28-8-4-2-5-9-28)21-16-27-17-22-39(23-18-27)34(41)42-31-14-15-32(35-24-31)36-33(40)30-12-10-29(11-13-30)26-38-19-6-3-7-20-38/h2,4-5,8-15,24,27H,3,6-7,16-23,25-26H2,1H3,(H,35,36,40). The van der Waals surface area contributed by atoms with E-state index in [-0.39, 0.29) is 12.0 Å². The Balaban J connectivity index is 1.01. The van der Waals surface area contributed by atoms with Gasteiger partial charge < -0.3 is 19.9 Å². The summed E-state index contributed by atoms with van der Waals surface area (Å²) in [5.41, 5.74) is 3.13. The van der Waals surface area contributed by atoms with Crippen LogP contribution in [0.2, 0.25) is 0 Å². The maximum absolute atomic E-state index is 12.7. The molecule has 1 aromatic heterocycles. The van der Waals surface area contributed by atoms with E-state index < -0.39 is 0 Å². The molecule has 0 spiro atoms. The summed E-state index contributed by atoms with van der Waals surface area (Å²) in [7, 11) is 2.17. The maximum Gasteiger partial charge on any atom is 0.415 e. The number of hydrogen-bond acceptors (Lipinski definition) is 6. The van der Waals surface area contributed by atoms with Gasteiger partial charge in [-0.25, -0.2) is 9.78 Å². The van der Waals surface area contributed by atoms with Crippen LogP contribution in [0.3, 0.4) is 0 Å². The van der Waals surface area contributed by atoms with E-state index in [0.29, 0.717) is 36.1 Å². The third-order valence-corrected chi connectivity index (χ3v) is 8.34. The molecule has 5 rings (SSSR count). The minimum absolute atomic E-state index is 0.217. The number of nitrogens with one attached hydrogen (secondary N) is 1. The van der Waals surface area contributed by atoms with Gasteiger partial charge >= 0.3 is 6.09 Å². The van der Waals surface area contributed by atoms with E-state index in [1.165, 1.54) is 36.6 Å². The fraction of sp³-hybridized carbons (Fsp3) is 0.441. The summed E-state index contributed by atoms with van der Waals surface area (Å²) in [6, 6.07) is 21.6. The highest BCUT2D eigenvalue weighted by molar-refractivity contribution is 6.03. The Morgan fingerprint density at radius 1 is 0.905 bits per heavy atom. The number of pyridine rings is 1. The van der Waals surface area contributed by atoms with Crippen LogP contribution in [0.5, 0.6) is 5.75 Å². The number of ether oxygens (including phenoxy) is 1. The average Bonchev–Trinajstić information content (AvgIpc) is 3.02. The molecule has 1 N–H and O–H groups in total. The van der Waals surface area contributed by atoms with Crippen LogP contribution in [-0.4, -0.2) is 71.5 Å². The molecule has 0 bridgehead atoms. The highest BCUT2D eigenvalue weighted by Crippen LogP contribution is 2.23. The van der Waals surface area contributed by atoms with Crippen molar-refractivity contribution in [1.82, 2.24) is 19.7 Å².